The number of hydrogen-bond acceptors (Lipinski definition) is 2. The second-order valence-corrected chi connectivity index (χ2v) is 5.55. The van der Waals surface area contributed by atoms with E-state index in [-0.39, 0.29) is 12.0 Å². The SMILES string of the molecule is CCC(CC)(CO)Cc1ccc(Cl)s1. The standard InChI is InChI=1S/C11H17ClOS/c1-3-11(4-2,8-13)7-9-5-6-10(12)14-9/h5-6,13H,3-4,7-8H2,1-2H3. The van der Waals surface area contributed by atoms with E-state index in [4.69, 9.17) is 11.6 Å². The summed E-state index contributed by atoms with van der Waals surface area (Å²) in [4.78, 5) is 1.27. The van der Waals surface area contributed by atoms with Gasteiger partial charge in [-0.05, 0) is 36.8 Å². The first-order valence-corrected chi connectivity index (χ1v) is 6.20. The molecule has 0 spiro atoms. The molecule has 0 atom stereocenters. The van der Waals surface area contributed by atoms with Crippen LogP contribution >= 0.6 is 22.9 Å². The van der Waals surface area contributed by atoms with Gasteiger partial charge in [-0.1, -0.05) is 25.4 Å². The molecule has 0 aliphatic carbocycles. The first kappa shape index (κ1) is 12.0. The Kier molecular flexibility index (Phi) is 4.42. The summed E-state index contributed by atoms with van der Waals surface area (Å²) in [5.74, 6) is 0. The fourth-order valence-corrected chi connectivity index (χ4v) is 2.86. The highest BCUT2D eigenvalue weighted by atomic mass is 35.5. The Morgan fingerprint density at radius 1 is 1.36 bits per heavy atom. The molecule has 0 unspecified atom stereocenters. The molecular formula is C11H17ClOS. The zero-order valence-corrected chi connectivity index (χ0v) is 10.3. The van der Waals surface area contributed by atoms with E-state index >= 15 is 0 Å². The monoisotopic (exact) mass is 232 g/mol. The van der Waals surface area contributed by atoms with Crippen LogP contribution < -0.4 is 0 Å². The number of thiophene rings is 1. The smallest absolute Gasteiger partial charge is 0.0931 e. The molecule has 0 bridgehead atoms. The van der Waals surface area contributed by atoms with Crippen molar-refractivity contribution in [1.29, 1.82) is 0 Å². The lowest BCUT2D eigenvalue weighted by Crippen LogP contribution is -2.26. The van der Waals surface area contributed by atoms with Crippen molar-refractivity contribution in [1.82, 2.24) is 0 Å². The maximum Gasteiger partial charge on any atom is 0.0931 e. The van der Waals surface area contributed by atoms with E-state index in [0.29, 0.717) is 0 Å². The molecule has 1 aromatic heterocycles. The molecule has 80 valence electrons. The normalized spacial score (nSPS) is 12.0. The molecule has 1 heterocycles. The maximum absolute atomic E-state index is 9.42. The topological polar surface area (TPSA) is 20.2 Å². The predicted molar refractivity (Wildman–Crippen MR) is 63.1 cm³/mol. The third-order valence-electron chi connectivity index (χ3n) is 3.01. The molecule has 0 saturated heterocycles. The largest absolute Gasteiger partial charge is 0.396 e. The Morgan fingerprint density at radius 3 is 2.36 bits per heavy atom. The highest BCUT2D eigenvalue weighted by Crippen LogP contribution is 2.33. The Labute approximate surface area is 94.7 Å². The van der Waals surface area contributed by atoms with Crippen molar-refractivity contribution in [2.24, 2.45) is 5.41 Å². The minimum atomic E-state index is 0.0498. The Hall–Kier alpha value is -0.0500. The Bertz CT molecular complexity index is 270. The molecule has 0 radical (unpaired) electrons. The van der Waals surface area contributed by atoms with Crippen molar-refractivity contribution in [3.05, 3.63) is 21.3 Å². The van der Waals surface area contributed by atoms with Gasteiger partial charge in [-0.2, -0.15) is 0 Å². The van der Waals surface area contributed by atoms with Crippen LogP contribution in [0.25, 0.3) is 0 Å². The van der Waals surface area contributed by atoms with Gasteiger partial charge in [-0.15, -0.1) is 11.3 Å². The van der Waals surface area contributed by atoms with Crippen LogP contribution in [0.5, 0.6) is 0 Å². The average molecular weight is 233 g/mol. The second-order valence-electron chi connectivity index (χ2n) is 3.75. The maximum atomic E-state index is 9.42. The third-order valence-corrected chi connectivity index (χ3v) is 4.24. The van der Waals surface area contributed by atoms with Gasteiger partial charge in [0.15, 0.2) is 0 Å². The Morgan fingerprint density at radius 2 is 2.00 bits per heavy atom. The van der Waals surface area contributed by atoms with Crippen molar-refractivity contribution in [3.8, 4) is 0 Å². The van der Waals surface area contributed by atoms with E-state index in [1.54, 1.807) is 11.3 Å². The van der Waals surface area contributed by atoms with Gasteiger partial charge in [0, 0.05) is 11.5 Å². The quantitative estimate of drug-likeness (QED) is 0.820. The molecule has 0 saturated carbocycles. The van der Waals surface area contributed by atoms with Gasteiger partial charge in [0.1, 0.15) is 0 Å². The van der Waals surface area contributed by atoms with E-state index in [1.165, 1.54) is 4.88 Å². The van der Waals surface area contributed by atoms with E-state index < -0.39 is 0 Å². The number of aliphatic hydroxyl groups is 1. The molecule has 0 fully saturated rings. The van der Waals surface area contributed by atoms with Crippen LogP contribution in [0.2, 0.25) is 4.34 Å². The minimum absolute atomic E-state index is 0.0498. The molecule has 0 amide bonds. The molecule has 1 rings (SSSR count). The van der Waals surface area contributed by atoms with Crippen molar-refractivity contribution in [2.45, 2.75) is 33.1 Å². The highest BCUT2D eigenvalue weighted by molar-refractivity contribution is 7.16. The molecule has 0 aliphatic heterocycles. The average Bonchev–Trinajstić information content (AvgIpc) is 2.61. The first-order chi connectivity index (χ1) is 6.65. The lowest BCUT2D eigenvalue weighted by molar-refractivity contribution is 0.116. The minimum Gasteiger partial charge on any atom is -0.396 e. The molecule has 14 heavy (non-hydrogen) atoms. The third kappa shape index (κ3) is 2.72. The molecule has 1 aromatic rings. The molecule has 1 nitrogen and oxygen atoms in total. The van der Waals surface area contributed by atoms with Gasteiger partial charge in [-0.3, -0.25) is 0 Å². The van der Waals surface area contributed by atoms with Crippen molar-refractivity contribution < 1.29 is 5.11 Å². The number of halogens is 1. The van der Waals surface area contributed by atoms with Crippen LogP contribution in [0, 0.1) is 5.41 Å². The summed E-state index contributed by atoms with van der Waals surface area (Å²) in [6.07, 6.45) is 2.96. The highest BCUT2D eigenvalue weighted by Gasteiger charge is 2.26. The predicted octanol–water partition coefficient (Wildman–Crippen LogP) is 3.74. The summed E-state index contributed by atoms with van der Waals surface area (Å²) in [7, 11) is 0. The van der Waals surface area contributed by atoms with Crippen LogP contribution in [0.3, 0.4) is 0 Å². The van der Waals surface area contributed by atoms with Gasteiger partial charge in [0.05, 0.1) is 4.34 Å². The van der Waals surface area contributed by atoms with Gasteiger partial charge in [0.2, 0.25) is 0 Å². The summed E-state index contributed by atoms with van der Waals surface area (Å²) in [6, 6.07) is 3.98. The fraction of sp³-hybridized carbons (Fsp3) is 0.636. The zero-order chi connectivity index (χ0) is 10.6. The molecule has 0 aromatic carbocycles. The fourth-order valence-electron chi connectivity index (χ4n) is 1.60. The Balaban J connectivity index is 2.73. The summed E-state index contributed by atoms with van der Waals surface area (Å²) >= 11 is 7.49. The zero-order valence-electron chi connectivity index (χ0n) is 8.72. The molecular weight excluding hydrogens is 216 g/mol. The van der Waals surface area contributed by atoms with Crippen LogP contribution in [0.15, 0.2) is 12.1 Å². The van der Waals surface area contributed by atoms with Crippen molar-refractivity contribution >= 4 is 22.9 Å². The first-order valence-electron chi connectivity index (χ1n) is 5.01. The van der Waals surface area contributed by atoms with E-state index in [2.05, 4.69) is 19.9 Å². The van der Waals surface area contributed by atoms with Crippen molar-refractivity contribution in [3.63, 3.8) is 0 Å². The summed E-state index contributed by atoms with van der Waals surface area (Å²) in [5.41, 5.74) is 0.0498. The van der Waals surface area contributed by atoms with Gasteiger partial charge in [0.25, 0.3) is 0 Å². The van der Waals surface area contributed by atoms with E-state index in [9.17, 15) is 5.11 Å². The van der Waals surface area contributed by atoms with Gasteiger partial charge in [-0.25, -0.2) is 0 Å². The lowest BCUT2D eigenvalue weighted by atomic mass is 9.80. The van der Waals surface area contributed by atoms with Crippen LogP contribution in [0.1, 0.15) is 31.6 Å². The van der Waals surface area contributed by atoms with Crippen LogP contribution in [0.4, 0.5) is 0 Å². The van der Waals surface area contributed by atoms with Gasteiger partial charge >= 0.3 is 0 Å². The second kappa shape index (κ2) is 5.15. The lowest BCUT2D eigenvalue weighted by Gasteiger charge is -2.28. The number of rotatable bonds is 5. The summed E-state index contributed by atoms with van der Waals surface area (Å²) in [6.45, 7) is 4.53. The van der Waals surface area contributed by atoms with Crippen LogP contribution in [-0.2, 0) is 6.42 Å². The van der Waals surface area contributed by atoms with Crippen molar-refractivity contribution in [2.75, 3.05) is 6.61 Å². The summed E-state index contributed by atoms with van der Waals surface area (Å²) in [5, 5.41) is 9.42. The van der Waals surface area contributed by atoms with E-state index in [0.717, 1.165) is 23.6 Å². The molecule has 0 aliphatic rings. The summed E-state index contributed by atoms with van der Waals surface area (Å²) < 4.78 is 0.832. The molecule has 3 heteroatoms. The van der Waals surface area contributed by atoms with E-state index in [1.807, 2.05) is 6.07 Å². The molecule has 1 N–H and O–H groups in total. The van der Waals surface area contributed by atoms with Gasteiger partial charge < -0.3 is 5.11 Å². The number of aliphatic hydroxyl groups excluding tert-OH is 1. The van der Waals surface area contributed by atoms with Crippen LogP contribution in [-0.4, -0.2) is 11.7 Å². The number of hydrogen-bond donors (Lipinski definition) is 1.